The third kappa shape index (κ3) is 4.00. The van der Waals surface area contributed by atoms with Gasteiger partial charge in [0.25, 0.3) is 5.91 Å². The molecule has 1 aromatic heterocycles. The van der Waals surface area contributed by atoms with E-state index in [0.29, 0.717) is 31.2 Å². The molecule has 3 aromatic rings. The van der Waals surface area contributed by atoms with Crippen LogP contribution in [0.1, 0.15) is 39.1 Å². The molecule has 0 N–H and O–H groups in total. The van der Waals surface area contributed by atoms with E-state index in [1.54, 1.807) is 7.11 Å². The maximum atomic E-state index is 12.9. The number of benzene rings is 2. The molecule has 0 bridgehead atoms. The fourth-order valence-electron chi connectivity index (χ4n) is 3.34. The Morgan fingerprint density at radius 2 is 1.97 bits per heavy atom. The predicted molar refractivity (Wildman–Crippen MR) is 100 cm³/mol. The average Bonchev–Trinajstić information content (AvgIpc) is 3.14. The minimum absolute atomic E-state index is 0.00525. The number of likely N-dealkylation sites (tertiary alicyclic amines) is 1. The van der Waals surface area contributed by atoms with Gasteiger partial charge in [0, 0.05) is 30.6 Å². The van der Waals surface area contributed by atoms with Crippen molar-refractivity contribution in [1.82, 2.24) is 15.0 Å². The minimum Gasteiger partial charge on any atom is -0.496 e. The lowest BCUT2D eigenvalue weighted by atomic mass is 9.98. The molecule has 6 nitrogen and oxygen atoms in total. The Labute approximate surface area is 170 Å². The summed E-state index contributed by atoms with van der Waals surface area (Å²) in [6.45, 7) is 0.622. The van der Waals surface area contributed by atoms with Crippen molar-refractivity contribution in [3.05, 3.63) is 76.9 Å². The quantitative estimate of drug-likeness (QED) is 0.629. The smallest absolute Gasteiger partial charge is 0.416 e. The molecule has 2 aromatic carbocycles. The van der Waals surface area contributed by atoms with Gasteiger partial charge in [-0.1, -0.05) is 29.4 Å². The molecule has 0 unspecified atom stereocenters. The van der Waals surface area contributed by atoms with E-state index in [4.69, 9.17) is 9.26 Å². The number of carbonyl (C=O) groups excluding carboxylic acids is 1. The second-order valence-electron chi connectivity index (χ2n) is 7.02. The summed E-state index contributed by atoms with van der Waals surface area (Å²) in [4.78, 5) is 18.3. The fraction of sp³-hybridized carbons (Fsp3) is 0.286. The number of para-hydroxylation sites is 1. The van der Waals surface area contributed by atoms with Crippen molar-refractivity contribution in [3.8, 4) is 5.75 Å². The summed E-state index contributed by atoms with van der Waals surface area (Å²) in [5.74, 6) is 1.04. The highest BCUT2D eigenvalue weighted by Gasteiger charge is 2.37. The van der Waals surface area contributed by atoms with Gasteiger partial charge in [0.05, 0.1) is 18.6 Å². The molecule has 1 aliphatic heterocycles. The van der Waals surface area contributed by atoms with Gasteiger partial charge < -0.3 is 14.2 Å². The topological polar surface area (TPSA) is 68.5 Å². The lowest BCUT2D eigenvalue weighted by molar-refractivity contribution is -0.137. The van der Waals surface area contributed by atoms with Crippen LogP contribution in [-0.2, 0) is 12.6 Å². The van der Waals surface area contributed by atoms with Crippen LogP contribution in [0.3, 0.4) is 0 Å². The summed E-state index contributed by atoms with van der Waals surface area (Å²) in [7, 11) is 1.59. The van der Waals surface area contributed by atoms with Gasteiger partial charge in [-0.15, -0.1) is 0 Å². The number of methoxy groups -OCH3 is 1. The van der Waals surface area contributed by atoms with E-state index in [9.17, 15) is 18.0 Å². The summed E-state index contributed by atoms with van der Waals surface area (Å²) in [6, 6.07) is 11.9. The monoisotopic (exact) mass is 417 g/mol. The molecule has 0 atom stereocenters. The highest BCUT2D eigenvalue weighted by molar-refractivity contribution is 5.95. The second kappa shape index (κ2) is 7.81. The van der Waals surface area contributed by atoms with Crippen LogP contribution in [0.25, 0.3) is 0 Å². The first-order chi connectivity index (χ1) is 14.3. The first-order valence-corrected chi connectivity index (χ1v) is 9.26. The van der Waals surface area contributed by atoms with Gasteiger partial charge in [0.15, 0.2) is 5.82 Å². The first-order valence-electron chi connectivity index (χ1n) is 9.26. The van der Waals surface area contributed by atoms with Crippen molar-refractivity contribution >= 4 is 5.91 Å². The zero-order chi connectivity index (χ0) is 21.3. The van der Waals surface area contributed by atoms with Gasteiger partial charge in [-0.25, -0.2) is 0 Å². The molecule has 1 fully saturated rings. The molecular weight excluding hydrogens is 399 g/mol. The summed E-state index contributed by atoms with van der Waals surface area (Å²) >= 11 is 0. The van der Waals surface area contributed by atoms with Crippen molar-refractivity contribution in [2.45, 2.75) is 18.5 Å². The van der Waals surface area contributed by atoms with E-state index >= 15 is 0 Å². The summed E-state index contributed by atoms with van der Waals surface area (Å²) < 4.78 is 49.2. The van der Waals surface area contributed by atoms with Crippen LogP contribution < -0.4 is 4.74 Å². The van der Waals surface area contributed by atoms with E-state index in [2.05, 4.69) is 10.1 Å². The highest BCUT2D eigenvalue weighted by atomic mass is 19.4. The number of amides is 1. The molecule has 0 radical (unpaired) electrons. The summed E-state index contributed by atoms with van der Waals surface area (Å²) in [6.07, 6.45) is -4.05. The van der Waals surface area contributed by atoms with Crippen LogP contribution in [-0.4, -0.2) is 41.1 Å². The van der Waals surface area contributed by atoms with Crippen molar-refractivity contribution in [2.75, 3.05) is 20.2 Å². The standard InChI is InChI=1S/C21H18F3N3O3/c1-29-17-8-3-2-5-13(17)10-18-25-19(30-26-18)15-11-27(12-15)20(28)14-6-4-7-16(9-14)21(22,23)24/h2-9,15H,10-12H2,1H3. The van der Waals surface area contributed by atoms with Crippen molar-refractivity contribution in [1.29, 1.82) is 0 Å². The molecule has 0 spiro atoms. The van der Waals surface area contributed by atoms with E-state index < -0.39 is 17.6 Å². The van der Waals surface area contributed by atoms with Crippen LogP contribution >= 0.6 is 0 Å². The van der Waals surface area contributed by atoms with E-state index in [1.807, 2.05) is 24.3 Å². The number of aromatic nitrogens is 2. The summed E-state index contributed by atoms with van der Waals surface area (Å²) in [5.41, 5.74) is 0.0799. The normalized spacial score (nSPS) is 14.5. The van der Waals surface area contributed by atoms with Gasteiger partial charge in [-0.05, 0) is 24.3 Å². The highest BCUT2D eigenvalue weighted by Crippen LogP contribution is 2.32. The number of hydrogen-bond donors (Lipinski definition) is 0. The zero-order valence-electron chi connectivity index (χ0n) is 16.0. The van der Waals surface area contributed by atoms with E-state index in [1.165, 1.54) is 17.0 Å². The number of rotatable bonds is 5. The van der Waals surface area contributed by atoms with Crippen LogP contribution in [0.2, 0.25) is 0 Å². The van der Waals surface area contributed by atoms with Gasteiger partial charge in [0.1, 0.15) is 5.75 Å². The minimum atomic E-state index is -4.49. The number of carbonyl (C=O) groups is 1. The molecule has 2 heterocycles. The van der Waals surface area contributed by atoms with Crippen molar-refractivity contribution < 1.29 is 27.2 Å². The molecule has 1 amide bonds. The Hall–Kier alpha value is -3.36. The molecule has 0 saturated carbocycles. The molecule has 30 heavy (non-hydrogen) atoms. The number of nitrogens with zero attached hydrogens (tertiary/aromatic N) is 3. The van der Waals surface area contributed by atoms with Gasteiger partial charge in [0.2, 0.25) is 5.89 Å². The number of alkyl halides is 3. The maximum absolute atomic E-state index is 12.9. The lowest BCUT2D eigenvalue weighted by Crippen LogP contribution is -2.48. The lowest BCUT2D eigenvalue weighted by Gasteiger charge is -2.37. The van der Waals surface area contributed by atoms with Crippen molar-refractivity contribution in [3.63, 3.8) is 0 Å². The SMILES string of the molecule is COc1ccccc1Cc1noc(C2CN(C(=O)c3cccc(C(F)(F)F)c3)C2)n1. The maximum Gasteiger partial charge on any atom is 0.416 e. The van der Waals surface area contributed by atoms with Crippen LogP contribution in [0.4, 0.5) is 13.2 Å². The van der Waals surface area contributed by atoms with Crippen LogP contribution in [0.5, 0.6) is 5.75 Å². The Morgan fingerprint density at radius 3 is 2.70 bits per heavy atom. The third-order valence-corrected chi connectivity index (χ3v) is 4.98. The van der Waals surface area contributed by atoms with Gasteiger partial charge in [-0.3, -0.25) is 4.79 Å². The third-order valence-electron chi connectivity index (χ3n) is 4.98. The van der Waals surface area contributed by atoms with E-state index in [-0.39, 0.29) is 11.5 Å². The fourth-order valence-corrected chi connectivity index (χ4v) is 3.34. The Morgan fingerprint density at radius 1 is 1.20 bits per heavy atom. The van der Waals surface area contributed by atoms with Crippen molar-refractivity contribution in [2.24, 2.45) is 0 Å². The average molecular weight is 417 g/mol. The molecular formula is C21H18F3N3O3. The van der Waals surface area contributed by atoms with Gasteiger partial charge >= 0.3 is 6.18 Å². The van der Waals surface area contributed by atoms with Gasteiger partial charge in [-0.2, -0.15) is 18.2 Å². The molecule has 1 aliphatic rings. The molecule has 1 saturated heterocycles. The molecule has 0 aliphatic carbocycles. The zero-order valence-corrected chi connectivity index (χ0v) is 16.0. The predicted octanol–water partition coefficient (Wildman–Crippen LogP) is 3.93. The van der Waals surface area contributed by atoms with Crippen LogP contribution in [0.15, 0.2) is 53.1 Å². The second-order valence-corrected chi connectivity index (χ2v) is 7.02. The number of hydrogen-bond acceptors (Lipinski definition) is 5. The largest absolute Gasteiger partial charge is 0.496 e. The number of ether oxygens (including phenoxy) is 1. The molecule has 4 rings (SSSR count). The Balaban J connectivity index is 1.39. The number of halogens is 3. The molecule has 9 heteroatoms. The molecule has 156 valence electrons. The Bertz CT molecular complexity index is 1060. The van der Waals surface area contributed by atoms with Crippen LogP contribution in [0, 0.1) is 0 Å². The first kappa shape index (κ1) is 19.9. The van der Waals surface area contributed by atoms with E-state index in [0.717, 1.165) is 23.4 Å². The summed E-state index contributed by atoms with van der Waals surface area (Å²) in [5, 5.41) is 3.99. The Kier molecular flexibility index (Phi) is 5.19.